The molecule has 0 saturated heterocycles. The molecule has 3 aromatic heterocycles. The van der Waals surface area contributed by atoms with Gasteiger partial charge in [-0.2, -0.15) is 0 Å². The van der Waals surface area contributed by atoms with Gasteiger partial charge in [-0.15, -0.1) is 0 Å². The van der Waals surface area contributed by atoms with E-state index in [-0.39, 0.29) is 5.92 Å². The lowest BCUT2D eigenvalue weighted by Gasteiger charge is -2.24. The molecule has 0 saturated carbocycles. The first-order chi connectivity index (χ1) is 14.7. The summed E-state index contributed by atoms with van der Waals surface area (Å²) in [6.45, 7) is 9.37. The number of carbonyl (C=O) groups is 1. The van der Waals surface area contributed by atoms with Gasteiger partial charge in [0.2, 0.25) is 11.8 Å². The first-order valence-electron chi connectivity index (χ1n) is 10.2. The summed E-state index contributed by atoms with van der Waals surface area (Å²) in [7, 11) is 0. The lowest BCUT2D eigenvalue weighted by molar-refractivity contribution is 0.0479. The van der Waals surface area contributed by atoms with Gasteiger partial charge >= 0.3 is 6.09 Å². The zero-order chi connectivity index (χ0) is 22.2. The fourth-order valence-electron chi connectivity index (χ4n) is 3.27. The molecule has 4 rings (SSSR count). The van der Waals surface area contributed by atoms with Gasteiger partial charge in [-0.1, -0.05) is 32.0 Å². The Bertz CT molecular complexity index is 1200. The first-order valence-corrected chi connectivity index (χ1v) is 10.2. The van der Waals surface area contributed by atoms with Gasteiger partial charge in [0.1, 0.15) is 17.9 Å². The molecule has 3 heterocycles. The van der Waals surface area contributed by atoms with Crippen molar-refractivity contribution >= 4 is 17.0 Å². The lowest BCUT2D eigenvalue weighted by atomic mass is 10.0. The normalized spacial score (nSPS) is 13.0. The maximum Gasteiger partial charge on any atom is 0.408 e. The molecule has 1 aromatic carbocycles. The molecule has 8 heteroatoms. The molecule has 0 bridgehead atoms. The Morgan fingerprint density at radius 1 is 1.23 bits per heavy atom. The zero-order valence-corrected chi connectivity index (χ0v) is 18.2. The summed E-state index contributed by atoms with van der Waals surface area (Å²) in [5.74, 6) is 1.37. The van der Waals surface area contributed by atoms with E-state index in [1.54, 1.807) is 6.20 Å². The predicted molar refractivity (Wildman–Crippen MR) is 116 cm³/mol. The van der Waals surface area contributed by atoms with Crippen LogP contribution in [0.25, 0.3) is 33.8 Å². The summed E-state index contributed by atoms with van der Waals surface area (Å²) >= 11 is 0. The number of aromatic nitrogens is 3. The molecular weight excluding hydrogens is 396 g/mol. The van der Waals surface area contributed by atoms with Crippen LogP contribution in [0.2, 0.25) is 0 Å². The number of H-pyrrole nitrogens is 1. The molecule has 2 N–H and O–H groups in total. The SMILES string of the molecule is CC(C)[C@H](NC(=O)OC(C)(C)C)c1nc(-c2ncc(-c3c[nH]c4ccccc34)o2)co1. The molecule has 0 spiro atoms. The summed E-state index contributed by atoms with van der Waals surface area (Å²) in [6, 6.07) is 7.52. The first kappa shape index (κ1) is 20.7. The summed E-state index contributed by atoms with van der Waals surface area (Å²) in [5.41, 5.74) is 1.80. The van der Waals surface area contributed by atoms with Gasteiger partial charge < -0.3 is 23.9 Å². The Labute approximate surface area is 180 Å². The topological polar surface area (TPSA) is 106 Å². The number of para-hydroxylation sites is 1. The minimum absolute atomic E-state index is 0.0327. The van der Waals surface area contributed by atoms with Crippen LogP contribution >= 0.6 is 0 Å². The summed E-state index contributed by atoms with van der Waals surface area (Å²) in [4.78, 5) is 24.3. The lowest BCUT2D eigenvalue weighted by Crippen LogP contribution is -2.37. The van der Waals surface area contributed by atoms with Crippen molar-refractivity contribution in [3.8, 4) is 22.9 Å². The van der Waals surface area contributed by atoms with Gasteiger partial charge in [0.15, 0.2) is 11.5 Å². The van der Waals surface area contributed by atoms with Gasteiger partial charge in [-0.05, 0) is 32.8 Å². The number of nitrogens with zero attached hydrogens (tertiary/aromatic N) is 2. The molecule has 0 aliphatic carbocycles. The molecule has 0 aliphatic heterocycles. The van der Waals surface area contributed by atoms with Crippen molar-refractivity contribution in [1.82, 2.24) is 20.3 Å². The number of amides is 1. The second-order valence-corrected chi connectivity index (χ2v) is 8.72. The standard InChI is InChI=1S/C23H26N4O4/c1-13(2)19(27-22(28)31-23(3,4)5)21-26-17(12-29-21)20-25-11-18(30-20)15-10-24-16-9-7-6-8-14(15)16/h6-13,19,24H,1-5H3,(H,27,28)/t19-/m0/s1. The Hall–Kier alpha value is -3.55. The van der Waals surface area contributed by atoms with E-state index in [4.69, 9.17) is 13.6 Å². The van der Waals surface area contributed by atoms with E-state index >= 15 is 0 Å². The molecule has 1 atom stereocenters. The highest BCUT2D eigenvalue weighted by Crippen LogP contribution is 2.32. The monoisotopic (exact) mass is 422 g/mol. The van der Waals surface area contributed by atoms with E-state index in [2.05, 4.69) is 20.3 Å². The number of nitrogens with one attached hydrogen (secondary N) is 2. The smallest absolute Gasteiger partial charge is 0.408 e. The highest BCUT2D eigenvalue weighted by atomic mass is 16.6. The van der Waals surface area contributed by atoms with E-state index in [0.717, 1.165) is 16.5 Å². The number of benzene rings is 1. The Morgan fingerprint density at radius 2 is 2.00 bits per heavy atom. The van der Waals surface area contributed by atoms with Crippen molar-refractivity contribution in [2.45, 2.75) is 46.3 Å². The second kappa shape index (κ2) is 7.94. The van der Waals surface area contributed by atoms with Crippen molar-refractivity contribution in [1.29, 1.82) is 0 Å². The quantitative estimate of drug-likeness (QED) is 0.427. The van der Waals surface area contributed by atoms with E-state index in [1.165, 1.54) is 6.26 Å². The molecule has 8 nitrogen and oxygen atoms in total. The zero-order valence-electron chi connectivity index (χ0n) is 18.2. The third-order valence-corrected chi connectivity index (χ3v) is 4.71. The summed E-state index contributed by atoms with van der Waals surface area (Å²) in [6.07, 6.45) is 4.51. The molecule has 0 aliphatic rings. The number of fused-ring (bicyclic) bond motifs is 1. The highest BCUT2D eigenvalue weighted by molar-refractivity contribution is 5.94. The number of carbonyl (C=O) groups excluding carboxylic acids is 1. The van der Waals surface area contributed by atoms with Gasteiger partial charge in [-0.3, -0.25) is 0 Å². The molecule has 31 heavy (non-hydrogen) atoms. The maximum absolute atomic E-state index is 12.2. The molecule has 4 aromatic rings. The molecule has 1 amide bonds. The number of hydrogen-bond acceptors (Lipinski definition) is 6. The molecule has 0 unspecified atom stereocenters. The molecule has 0 fully saturated rings. The van der Waals surface area contributed by atoms with E-state index in [9.17, 15) is 4.79 Å². The highest BCUT2D eigenvalue weighted by Gasteiger charge is 2.27. The Kier molecular flexibility index (Phi) is 5.31. The van der Waals surface area contributed by atoms with Crippen molar-refractivity contribution in [2.24, 2.45) is 5.92 Å². The van der Waals surface area contributed by atoms with Gasteiger partial charge in [-0.25, -0.2) is 14.8 Å². The van der Waals surface area contributed by atoms with Crippen LogP contribution in [0, 0.1) is 5.92 Å². The number of oxazole rings is 2. The average molecular weight is 422 g/mol. The van der Waals surface area contributed by atoms with E-state index in [0.29, 0.717) is 23.2 Å². The number of rotatable bonds is 5. The largest absolute Gasteiger partial charge is 0.446 e. The third kappa shape index (κ3) is 4.47. The summed E-state index contributed by atoms with van der Waals surface area (Å²) in [5, 5.41) is 3.88. The fourth-order valence-corrected chi connectivity index (χ4v) is 3.27. The van der Waals surface area contributed by atoms with Gasteiger partial charge in [0.05, 0.1) is 6.20 Å². The van der Waals surface area contributed by atoms with Crippen molar-refractivity contribution in [3.05, 3.63) is 48.8 Å². The van der Waals surface area contributed by atoms with Gasteiger partial charge in [0.25, 0.3) is 0 Å². The average Bonchev–Trinajstić information content (AvgIpc) is 3.42. The van der Waals surface area contributed by atoms with Crippen LogP contribution in [0.4, 0.5) is 4.79 Å². The number of ether oxygens (including phenoxy) is 1. The maximum atomic E-state index is 12.2. The van der Waals surface area contributed by atoms with Crippen LogP contribution < -0.4 is 5.32 Å². The Morgan fingerprint density at radius 3 is 2.74 bits per heavy atom. The molecule has 0 radical (unpaired) electrons. The van der Waals surface area contributed by atoms with Gasteiger partial charge in [0, 0.05) is 22.7 Å². The summed E-state index contributed by atoms with van der Waals surface area (Å²) < 4.78 is 17.0. The second-order valence-electron chi connectivity index (χ2n) is 8.72. The van der Waals surface area contributed by atoms with Crippen molar-refractivity contribution in [2.75, 3.05) is 0 Å². The molecule has 162 valence electrons. The Balaban J connectivity index is 1.56. The van der Waals surface area contributed by atoms with Crippen LogP contribution in [0.5, 0.6) is 0 Å². The number of alkyl carbamates (subject to hydrolysis) is 1. The van der Waals surface area contributed by atoms with Crippen LogP contribution in [0.1, 0.15) is 46.6 Å². The third-order valence-electron chi connectivity index (χ3n) is 4.71. The number of aromatic amines is 1. The predicted octanol–water partition coefficient (Wildman–Crippen LogP) is 5.70. The van der Waals surface area contributed by atoms with Crippen molar-refractivity contribution in [3.63, 3.8) is 0 Å². The van der Waals surface area contributed by atoms with Crippen LogP contribution in [-0.4, -0.2) is 26.6 Å². The van der Waals surface area contributed by atoms with E-state index in [1.807, 2.05) is 65.1 Å². The van der Waals surface area contributed by atoms with Crippen LogP contribution in [0.15, 0.2) is 51.8 Å². The van der Waals surface area contributed by atoms with Crippen molar-refractivity contribution < 1.29 is 18.4 Å². The minimum Gasteiger partial charge on any atom is -0.446 e. The molecular formula is C23H26N4O4. The van der Waals surface area contributed by atoms with Crippen LogP contribution in [0.3, 0.4) is 0 Å². The minimum atomic E-state index is -0.593. The number of hydrogen-bond donors (Lipinski definition) is 2. The van der Waals surface area contributed by atoms with E-state index < -0.39 is 17.7 Å². The van der Waals surface area contributed by atoms with Crippen LogP contribution in [-0.2, 0) is 4.74 Å². The fraction of sp³-hybridized carbons (Fsp3) is 0.348.